The lowest BCUT2D eigenvalue weighted by atomic mass is 9.72. The SMILES string of the molecule is COc1cccc2c1C(=O)c1c(cc3c(c1O)C(OC1CC(NC(=O)c4ccc(N=[N+]=N)cc4)C(O)C(C)O1)CC(O)(C(C)=O)C3)C2=O. The van der Waals surface area contributed by atoms with Gasteiger partial charge >= 0.3 is 0 Å². The topological polar surface area (TPSA) is 219 Å². The number of aromatic hydroxyl groups is 1. The molecule has 6 atom stereocenters. The summed E-state index contributed by atoms with van der Waals surface area (Å²) in [6, 6.07) is 11.2. The summed E-state index contributed by atoms with van der Waals surface area (Å²) in [5.41, 5.74) is 5.71. The molecule has 0 aromatic heterocycles. The number of fused-ring (bicyclic) bond motifs is 3. The number of aliphatic hydroxyl groups excluding tert-OH is 1. The van der Waals surface area contributed by atoms with E-state index in [-0.39, 0.29) is 64.0 Å². The molecule has 5 N–H and O–H groups in total. The third-order valence-corrected chi connectivity index (χ3v) is 9.23. The van der Waals surface area contributed by atoms with Crippen LogP contribution in [0.3, 0.4) is 0 Å². The fraction of sp³-hybridized carbons (Fsp3) is 0.353. The van der Waals surface area contributed by atoms with Crippen molar-refractivity contribution in [1.82, 2.24) is 10.2 Å². The van der Waals surface area contributed by atoms with E-state index >= 15 is 0 Å². The van der Waals surface area contributed by atoms with Gasteiger partial charge in [-0.1, -0.05) is 12.1 Å². The molecule has 1 amide bonds. The molecule has 6 unspecified atom stereocenters. The molecule has 1 fully saturated rings. The highest BCUT2D eigenvalue weighted by atomic mass is 16.7. The summed E-state index contributed by atoms with van der Waals surface area (Å²) in [5, 5.41) is 40.4. The van der Waals surface area contributed by atoms with Crippen LogP contribution in [0.2, 0.25) is 0 Å². The fourth-order valence-electron chi connectivity index (χ4n) is 6.68. The first-order chi connectivity index (χ1) is 22.9. The largest absolute Gasteiger partial charge is 0.507 e. The van der Waals surface area contributed by atoms with Crippen molar-refractivity contribution in [3.63, 3.8) is 0 Å². The van der Waals surface area contributed by atoms with Gasteiger partial charge in [-0.3, -0.25) is 19.2 Å². The van der Waals surface area contributed by atoms with E-state index in [1.54, 1.807) is 13.0 Å². The lowest BCUT2D eigenvalue weighted by Gasteiger charge is -2.42. The summed E-state index contributed by atoms with van der Waals surface area (Å²) in [6.07, 6.45) is -4.86. The van der Waals surface area contributed by atoms with Gasteiger partial charge in [0, 0.05) is 41.5 Å². The van der Waals surface area contributed by atoms with E-state index in [0.29, 0.717) is 5.69 Å². The second-order valence-corrected chi connectivity index (χ2v) is 12.2. The van der Waals surface area contributed by atoms with E-state index in [0.717, 1.165) is 0 Å². The monoisotopic (exact) mass is 657 g/mol. The lowest BCUT2D eigenvalue weighted by molar-refractivity contribution is -0.248. The summed E-state index contributed by atoms with van der Waals surface area (Å²) in [4.78, 5) is 56.2. The molecule has 2 aliphatic carbocycles. The summed E-state index contributed by atoms with van der Waals surface area (Å²) in [5.74, 6) is -2.58. The van der Waals surface area contributed by atoms with Crippen molar-refractivity contribution in [2.45, 2.75) is 69.4 Å². The molecule has 0 saturated carbocycles. The zero-order valence-electron chi connectivity index (χ0n) is 26.2. The highest BCUT2D eigenvalue weighted by molar-refractivity contribution is 6.30. The maximum atomic E-state index is 13.8. The number of hydrogen-bond donors (Lipinski definition) is 5. The molecule has 1 saturated heterocycles. The number of benzene rings is 3. The van der Waals surface area contributed by atoms with Crippen LogP contribution in [0.15, 0.2) is 53.6 Å². The fourth-order valence-corrected chi connectivity index (χ4v) is 6.68. The number of methoxy groups -OCH3 is 1. The number of phenols is 1. The number of hydrogen-bond acceptors (Lipinski definition) is 12. The van der Waals surface area contributed by atoms with E-state index in [4.69, 9.17) is 19.7 Å². The molecule has 0 bridgehead atoms. The van der Waals surface area contributed by atoms with Crippen molar-refractivity contribution in [1.29, 1.82) is 5.53 Å². The smallest absolute Gasteiger partial charge is 0.251 e. The standard InChI is InChI=1S/C34H32N4O10/c1-15-29(40)22(36-33(44)17-7-9-19(10-8-17)37-38-35)12-25(47-15)48-24-14-34(45,16(2)39)13-18-11-21-28(31(42)26(18)24)32(43)27-20(30(21)41)5-4-6-23(27)46-3/h4-11,15,22,24-25,29,35,40,45H,12-14H2,1-3H3,(H-,36,42,43,44)/p+1. The zero-order chi connectivity index (χ0) is 34.5. The Labute approximate surface area is 273 Å². The van der Waals surface area contributed by atoms with Crippen LogP contribution in [-0.2, 0) is 20.7 Å². The van der Waals surface area contributed by atoms with Crippen LogP contribution >= 0.6 is 0 Å². The highest BCUT2D eigenvalue weighted by Crippen LogP contribution is 2.48. The van der Waals surface area contributed by atoms with Crippen LogP contribution in [-0.4, -0.2) is 75.8 Å². The minimum Gasteiger partial charge on any atom is -0.507 e. The second kappa shape index (κ2) is 12.5. The quantitative estimate of drug-likeness (QED) is 0.144. The Kier molecular flexibility index (Phi) is 8.54. The molecule has 6 rings (SSSR count). The number of carbonyl (C=O) groups is 4. The second-order valence-electron chi connectivity index (χ2n) is 12.2. The van der Waals surface area contributed by atoms with Crippen LogP contribution in [0.25, 0.3) is 0 Å². The minimum absolute atomic E-state index is 0.00806. The Morgan fingerprint density at radius 1 is 1.10 bits per heavy atom. The lowest BCUT2D eigenvalue weighted by Crippen LogP contribution is -2.55. The molecule has 248 valence electrons. The Morgan fingerprint density at radius 3 is 2.50 bits per heavy atom. The normalized spacial score (nSPS) is 26.0. The zero-order valence-corrected chi connectivity index (χ0v) is 26.2. The molecular formula is C34H33N4O10+. The molecule has 3 aromatic carbocycles. The van der Waals surface area contributed by atoms with Gasteiger partial charge in [0.2, 0.25) is 10.7 Å². The van der Waals surface area contributed by atoms with Gasteiger partial charge in [0.25, 0.3) is 5.91 Å². The van der Waals surface area contributed by atoms with Gasteiger partial charge in [-0.05, 0) is 55.8 Å². The minimum atomic E-state index is -1.93. The molecule has 14 nitrogen and oxygen atoms in total. The first-order valence-electron chi connectivity index (χ1n) is 15.2. The number of ketones is 3. The van der Waals surface area contributed by atoms with Gasteiger partial charge in [-0.2, -0.15) is 0 Å². The number of carbonyl (C=O) groups excluding carboxylic acids is 4. The number of amides is 1. The van der Waals surface area contributed by atoms with Gasteiger partial charge in [-0.25, -0.2) is 0 Å². The number of nitrogens with zero attached hydrogens (tertiary/aromatic N) is 2. The molecule has 0 spiro atoms. The third kappa shape index (κ3) is 5.59. The van der Waals surface area contributed by atoms with E-state index in [2.05, 4.69) is 15.3 Å². The molecule has 3 aliphatic rings. The van der Waals surface area contributed by atoms with Crippen molar-refractivity contribution < 1.29 is 48.7 Å². The predicted octanol–water partition coefficient (Wildman–Crippen LogP) is 2.98. The van der Waals surface area contributed by atoms with Gasteiger partial charge in [-0.15, -0.1) is 0 Å². The van der Waals surface area contributed by atoms with Crippen molar-refractivity contribution in [3.05, 3.63) is 87.5 Å². The Hall–Kier alpha value is -5.11. The van der Waals surface area contributed by atoms with Crippen molar-refractivity contribution in [3.8, 4) is 11.5 Å². The Balaban J connectivity index is 1.33. The molecular weight excluding hydrogens is 624 g/mol. The first-order valence-corrected chi connectivity index (χ1v) is 15.2. The third-order valence-electron chi connectivity index (χ3n) is 9.23. The van der Waals surface area contributed by atoms with Gasteiger partial charge in [0.05, 0.1) is 36.5 Å². The van der Waals surface area contributed by atoms with E-state index in [9.17, 15) is 34.5 Å². The molecule has 1 aliphatic heterocycles. The van der Waals surface area contributed by atoms with Crippen LogP contribution < -0.4 is 15.0 Å². The van der Waals surface area contributed by atoms with Gasteiger partial charge < -0.3 is 34.8 Å². The van der Waals surface area contributed by atoms with Crippen molar-refractivity contribution >= 4 is 28.9 Å². The predicted molar refractivity (Wildman–Crippen MR) is 165 cm³/mol. The van der Waals surface area contributed by atoms with Crippen LogP contribution in [0, 0.1) is 5.53 Å². The van der Waals surface area contributed by atoms with E-state index < -0.39 is 65.3 Å². The van der Waals surface area contributed by atoms with Crippen LogP contribution in [0.1, 0.15) is 86.1 Å². The van der Waals surface area contributed by atoms with Gasteiger partial charge in [0.15, 0.2) is 28.7 Å². The first kappa shape index (κ1) is 32.8. The summed E-state index contributed by atoms with van der Waals surface area (Å²) >= 11 is 0. The van der Waals surface area contributed by atoms with Gasteiger partial charge in [0.1, 0.15) is 28.7 Å². The Bertz CT molecular complexity index is 1900. The number of ether oxygens (including phenoxy) is 3. The van der Waals surface area contributed by atoms with E-state index in [1.165, 1.54) is 56.5 Å². The number of rotatable bonds is 7. The summed E-state index contributed by atoms with van der Waals surface area (Å²) in [6.45, 7) is 2.81. The Morgan fingerprint density at radius 2 is 1.83 bits per heavy atom. The molecule has 48 heavy (non-hydrogen) atoms. The number of phenolic OH excluding ortho intramolecular Hbond substituents is 1. The molecule has 3 aromatic rings. The molecule has 14 heteroatoms. The van der Waals surface area contributed by atoms with E-state index in [1.807, 2.05) is 0 Å². The molecule has 0 radical (unpaired) electrons. The van der Waals surface area contributed by atoms with Crippen LogP contribution in [0.5, 0.6) is 11.5 Å². The highest BCUT2D eigenvalue weighted by Gasteiger charge is 2.48. The van der Waals surface area contributed by atoms with Crippen molar-refractivity contribution in [2.24, 2.45) is 5.11 Å². The average molecular weight is 658 g/mol. The number of aliphatic hydroxyl groups is 2. The molecule has 1 heterocycles. The summed E-state index contributed by atoms with van der Waals surface area (Å²) < 4.78 is 17.6. The average Bonchev–Trinajstić information content (AvgIpc) is 3.05. The van der Waals surface area contributed by atoms with Crippen molar-refractivity contribution in [2.75, 3.05) is 7.11 Å². The number of nitrogens with one attached hydrogen (secondary N) is 2. The maximum absolute atomic E-state index is 13.8. The number of Topliss-reactive ketones (excluding diaryl/α,β-unsaturated/α-hetero) is 1. The van der Waals surface area contributed by atoms with Crippen LogP contribution in [0.4, 0.5) is 5.69 Å². The summed E-state index contributed by atoms with van der Waals surface area (Å²) in [7, 11) is 1.36. The maximum Gasteiger partial charge on any atom is 0.251 e.